The first-order chi connectivity index (χ1) is 8.70. The van der Waals surface area contributed by atoms with Crippen molar-refractivity contribution in [1.29, 1.82) is 0 Å². The SMILES string of the molecule is Nc1ccnc2c1nnn2[C@H]1C[C@H](O)[C@@H](CO)O1. The number of aliphatic hydroxyl groups is 2. The van der Waals surface area contributed by atoms with Gasteiger partial charge in [-0.2, -0.15) is 4.68 Å². The standard InChI is InChI=1S/C10H13N5O3/c11-5-1-2-12-10-9(5)13-14-15(10)8-3-6(17)7(4-16)18-8/h1-2,6-8,16-17H,3-4H2,(H2,11,12)/t6-,7+,8+/m0/s1. The summed E-state index contributed by atoms with van der Waals surface area (Å²) >= 11 is 0. The van der Waals surface area contributed by atoms with E-state index < -0.39 is 18.4 Å². The van der Waals surface area contributed by atoms with Crippen molar-refractivity contribution < 1.29 is 14.9 Å². The zero-order valence-corrected chi connectivity index (χ0v) is 9.47. The molecule has 0 unspecified atom stereocenters. The van der Waals surface area contributed by atoms with Gasteiger partial charge in [-0.25, -0.2) is 4.98 Å². The van der Waals surface area contributed by atoms with Crippen molar-refractivity contribution in [2.24, 2.45) is 0 Å². The average Bonchev–Trinajstić information content (AvgIpc) is 2.93. The van der Waals surface area contributed by atoms with Crippen LogP contribution in [0, 0.1) is 0 Å². The quantitative estimate of drug-likeness (QED) is 0.629. The third-order valence-electron chi connectivity index (χ3n) is 3.05. The van der Waals surface area contributed by atoms with E-state index in [2.05, 4.69) is 15.3 Å². The van der Waals surface area contributed by atoms with Crippen LogP contribution >= 0.6 is 0 Å². The molecule has 1 fully saturated rings. The molecule has 96 valence electrons. The Hall–Kier alpha value is -1.77. The Labute approximate surface area is 102 Å². The zero-order chi connectivity index (χ0) is 12.7. The lowest BCUT2D eigenvalue weighted by Crippen LogP contribution is -2.24. The number of nitrogens with two attached hydrogens (primary N) is 1. The molecule has 1 aliphatic heterocycles. The molecule has 4 N–H and O–H groups in total. The summed E-state index contributed by atoms with van der Waals surface area (Å²) in [6.07, 6.45) is 0.0825. The first kappa shape index (κ1) is 11.3. The smallest absolute Gasteiger partial charge is 0.183 e. The normalized spacial score (nSPS) is 28.0. The second kappa shape index (κ2) is 4.16. The Morgan fingerprint density at radius 1 is 1.56 bits per heavy atom. The second-order valence-corrected chi connectivity index (χ2v) is 4.22. The Balaban J connectivity index is 1.99. The second-order valence-electron chi connectivity index (χ2n) is 4.22. The van der Waals surface area contributed by atoms with E-state index in [1.807, 2.05) is 0 Å². The number of fused-ring (bicyclic) bond motifs is 1. The zero-order valence-electron chi connectivity index (χ0n) is 9.47. The minimum absolute atomic E-state index is 0.236. The number of hydrogen-bond donors (Lipinski definition) is 3. The van der Waals surface area contributed by atoms with Crippen LogP contribution in [0.4, 0.5) is 5.69 Å². The Morgan fingerprint density at radius 3 is 3.11 bits per heavy atom. The van der Waals surface area contributed by atoms with Crippen molar-refractivity contribution in [3.8, 4) is 0 Å². The van der Waals surface area contributed by atoms with Crippen molar-refractivity contribution in [3.05, 3.63) is 12.3 Å². The van der Waals surface area contributed by atoms with Gasteiger partial charge in [0.05, 0.1) is 18.4 Å². The molecule has 2 aromatic rings. The van der Waals surface area contributed by atoms with E-state index in [0.29, 0.717) is 23.3 Å². The molecule has 18 heavy (non-hydrogen) atoms. The van der Waals surface area contributed by atoms with Crippen LogP contribution < -0.4 is 5.73 Å². The average molecular weight is 251 g/mol. The number of pyridine rings is 1. The van der Waals surface area contributed by atoms with Crippen LogP contribution in [0.1, 0.15) is 12.6 Å². The van der Waals surface area contributed by atoms with Crippen LogP contribution in [0.3, 0.4) is 0 Å². The Bertz CT molecular complexity index is 572. The number of aliphatic hydroxyl groups excluding tert-OH is 2. The van der Waals surface area contributed by atoms with Crippen LogP contribution in [0.15, 0.2) is 12.3 Å². The molecule has 0 spiro atoms. The van der Waals surface area contributed by atoms with E-state index in [4.69, 9.17) is 15.6 Å². The highest BCUT2D eigenvalue weighted by molar-refractivity contribution is 5.82. The highest BCUT2D eigenvalue weighted by Gasteiger charge is 2.36. The van der Waals surface area contributed by atoms with E-state index in [9.17, 15) is 5.11 Å². The summed E-state index contributed by atoms with van der Waals surface area (Å²) < 4.78 is 6.97. The van der Waals surface area contributed by atoms with E-state index in [1.165, 1.54) is 4.68 Å². The number of rotatable bonds is 2. The third kappa shape index (κ3) is 1.62. The van der Waals surface area contributed by atoms with Gasteiger partial charge >= 0.3 is 0 Å². The molecule has 0 radical (unpaired) electrons. The molecule has 0 saturated carbocycles. The van der Waals surface area contributed by atoms with Crippen LogP contribution in [-0.2, 0) is 4.74 Å². The molecule has 8 nitrogen and oxygen atoms in total. The molecule has 3 rings (SSSR count). The molecule has 8 heteroatoms. The highest BCUT2D eigenvalue weighted by atomic mass is 16.5. The maximum atomic E-state index is 9.69. The molecule has 1 aliphatic rings. The topological polar surface area (TPSA) is 119 Å². The number of ether oxygens (including phenoxy) is 1. The van der Waals surface area contributed by atoms with Gasteiger partial charge in [-0.15, -0.1) is 5.10 Å². The van der Waals surface area contributed by atoms with Gasteiger partial charge in [0.25, 0.3) is 0 Å². The number of aromatic nitrogens is 4. The maximum absolute atomic E-state index is 9.69. The molecular formula is C10H13N5O3. The van der Waals surface area contributed by atoms with Gasteiger partial charge in [0.1, 0.15) is 6.10 Å². The van der Waals surface area contributed by atoms with Crippen molar-refractivity contribution in [1.82, 2.24) is 20.0 Å². The number of hydrogen-bond acceptors (Lipinski definition) is 7. The van der Waals surface area contributed by atoms with E-state index in [-0.39, 0.29) is 6.61 Å². The molecule has 3 atom stereocenters. The van der Waals surface area contributed by atoms with Crippen LogP contribution in [-0.4, -0.2) is 49.0 Å². The molecule has 0 aliphatic carbocycles. The lowest BCUT2D eigenvalue weighted by Gasteiger charge is -2.11. The van der Waals surface area contributed by atoms with Gasteiger partial charge in [-0.3, -0.25) is 0 Å². The molecule has 3 heterocycles. The Kier molecular flexibility index (Phi) is 2.62. The maximum Gasteiger partial charge on any atom is 0.183 e. The summed E-state index contributed by atoms with van der Waals surface area (Å²) in [6, 6.07) is 1.64. The summed E-state index contributed by atoms with van der Waals surface area (Å²) in [5, 5.41) is 26.6. The Morgan fingerprint density at radius 2 is 2.39 bits per heavy atom. The predicted molar refractivity (Wildman–Crippen MR) is 61.4 cm³/mol. The van der Waals surface area contributed by atoms with Crippen LogP contribution in [0.2, 0.25) is 0 Å². The van der Waals surface area contributed by atoms with Gasteiger partial charge in [-0.05, 0) is 6.07 Å². The molecule has 2 aromatic heterocycles. The number of anilines is 1. The van der Waals surface area contributed by atoms with Gasteiger partial charge < -0.3 is 20.7 Å². The van der Waals surface area contributed by atoms with Crippen molar-refractivity contribution in [3.63, 3.8) is 0 Å². The van der Waals surface area contributed by atoms with Gasteiger partial charge in [-0.1, -0.05) is 5.21 Å². The van der Waals surface area contributed by atoms with E-state index in [1.54, 1.807) is 12.3 Å². The van der Waals surface area contributed by atoms with E-state index >= 15 is 0 Å². The molecule has 0 aromatic carbocycles. The van der Waals surface area contributed by atoms with Gasteiger partial charge in [0.2, 0.25) is 0 Å². The van der Waals surface area contributed by atoms with Gasteiger partial charge in [0, 0.05) is 12.6 Å². The van der Waals surface area contributed by atoms with Crippen molar-refractivity contribution in [2.75, 3.05) is 12.3 Å². The molecule has 0 bridgehead atoms. The summed E-state index contributed by atoms with van der Waals surface area (Å²) in [5.41, 5.74) is 7.26. The molecule has 0 amide bonds. The lowest BCUT2D eigenvalue weighted by molar-refractivity contribution is -0.0476. The summed E-state index contributed by atoms with van der Waals surface area (Å²) in [6.45, 7) is -0.236. The largest absolute Gasteiger partial charge is 0.397 e. The fraction of sp³-hybridized carbons (Fsp3) is 0.500. The highest BCUT2D eigenvalue weighted by Crippen LogP contribution is 2.30. The first-order valence-corrected chi connectivity index (χ1v) is 5.60. The van der Waals surface area contributed by atoms with Crippen LogP contribution in [0.25, 0.3) is 11.2 Å². The van der Waals surface area contributed by atoms with E-state index in [0.717, 1.165) is 0 Å². The summed E-state index contributed by atoms with van der Waals surface area (Å²) in [5.74, 6) is 0. The fourth-order valence-corrected chi connectivity index (χ4v) is 2.09. The molecule has 1 saturated heterocycles. The monoisotopic (exact) mass is 251 g/mol. The summed E-state index contributed by atoms with van der Waals surface area (Å²) in [4.78, 5) is 4.16. The van der Waals surface area contributed by atoms with Gasteiger partial charge in [0.15, 0.2) is 17.4 Å². The third-order valence-corrected chi connectivity index (χ3v) is 3.05. The molecular weight excluding hydrogens is 238 g/mol. The fourth-order valence-electron chi connectivity index (χ4n) is 2.09. The predicted octanol–water partition coefficient (Wildman–Crippen LogP) is -0.951. The minimum atomic E-state index is -0.722. The van der Waals surface area contributed by atoms with Crippen molar-refractivity contribution >= 4 is 16.9 Å². The first-order valence-electron chi connectivity index (χ1n) is 5.60. The number of nitrogens with zero attached hydrogens (tertiary/aromatic N) is 4. The van der Waals surface area contributed by atoms with Crippen LogP contribution in [0.5, 0.6) is 0 Å². The minimum Gasteiger partial charge on any atom is -0.397 e. The summed E-state index contributed by atoms with van der Waals surface area (Å²) in [7, 11) is 0. The lowest BCUT2D eigenvalue weighted by atomic mass is 10.2. The van der Waals surface area contributed by atoms with Crippen molar-refractivity contribution in [2.45, 2.75) is 24.9 Å². The number of nitrogen functional groups attached to an aromatic ring is 1.